The molecule has 0 saturated heterocycles. The van der Waals surface area contributed by atoms with Crippen LogP contribution in [0.1, 0.15) is 35.3 Å². The summed E-state index contributed by atoms with van der Waals surface area (Å²) in [5.74, 6) is 0.152. The molecular formula is C13H16OS. The summed E-state index contributed by atoms with van der Waals surface area (Å²) in [4.78, 5) is 13.2. The first-order chi connectivity index (χ1) is 7.17. The molecule has 0 amide bonds. The molecule has 0 bridgehead atoms. The van der Waals surface area contributed by atoms with Crippen molar-refractivity contribution in [3.05, 3.63) is 45.7 Å². The van der Waals surface area contributed by atoms with Gasteiger partial charge in [0, 0.05) is 11.3 Å². The predicted octanol–water partition coefficient (Wildman–Crippen LogP) is 4.02. The molecule has 0 aliphatic rings. The van der Waals surface area contributed by atoms with E-state index < -0.39 is 0 Å². The van der Waals surface area contributed by atoms with Crippen LogP contribution in [0, 0.1) is 0 Å². The van der Waals surface area contributed by atoms with Gasteiger partial charge >= 0.3 is 0 Å². The minimum atomic E-state index is 0.152. The lowest BCUT2D eigenvalue weighted by atomic mass is 10.1. The van der Waals surface area contributed by atoms with Crippen LogP contribution in [0.15, 0.2) is 35.9 Å². The van der Waals surface area contributed by atoms with E-state index in [9.17, 15) is 4.79 Å². The van der Waals surface area contributed by atoms with Gasteiger partial charge in [0.2, 0.25) is 0 Å². The van der Waals surface area contributed by atoms with Crippen molar-refractivity contribution >= 4 is 17.1 Å². The van der Waals surface area contributed by atoms with E-state index in [4.69, 9.17) is 0 Å². The zero-order chi connectivity index (χ0) is 11.3. The lowest BCUT2D eigenvalue weighted by Crippen LogP contribution is -1.84. The fourth-order valence-corrected chi connectivity index (χ4v) is 2.27. The molecule has 1 rings (SSSR count). The fraction of sp³-hybridized carbons (Fsp3) is 0.308. The maximum absolute atomic E-state index is 11.1. The number of hydrogen-bond donors (Lipinski definition) is 0. The largest absolute Gasteiger partial charge is 0.294 e. The highest BCUT2D eigenvalue weighted by atomic mass is 32.1. The first kappa shape index (κ1) is 11.9. The lowest BCUT2D eigenvalue weighted by molar-refractivity contribution is 0.102. The average molecular weight is 220 g/mol. The van der Waals surface area contributed by atoms with E-state index in [0.717, 1.165) is 11.3 Å². The van der Waals surface area contributed by atoms with Crippen molar-refractivity contribution in [2.75, 3.05) is 0 Å². The summed E-state index contributed by atoms with van der Waals surface area (Å²) in [7, 11) is 0. The van der Waals surface area contributed by atoms with Crippen LogP contribution in [-0.2, 0) is 6.42 Å². The Labute approximate surface area is 95.1 Å². The third-order valence-electron chi connectivity index (χ3n) is 2.14. The third-order valence-corrected chi connectivity index (χ3v) is 3.32. The van der Waals surface area contributed by atoms with Crippen molar-refractivity contribution < 1.29 is 4.79 Å². The van der Waals surface area contributed by atoms with Crippen molar-refractivity contribution in [2.24, 2.45) is 0 Å². The van der Waals surface area contributed by atoms with E-state index in [1.54, 1.807) is 18.3 Å². The summed E-state index contributed by atoms with van der Waals surface area (Å²) in [6.45, 7) is 5.66. The van der Waals surface area contributed by atoms with Gasteiger partial charge in [0.25, 0.3) is 0 Å². The first-order valence-corrected chi connectivity index (χ1v) is 5.86. The standard InChI is InChI=1S/C13H16OS/c1-4-6-11(5-2)9-12-7-8-13(15-12)10(3)14/h4-8H,9H2,1-3H3/b6-4-,11-5+. The summed E-state index contributed by atoms with van der Waals surface area (Å²) >= 11 is 1.59. The van der Waals surface area contributed by atoms with Gasteiger partial charge in [-0.1, -0.05) is 18.2 Å². The van der Waals surface area contributed by atoms with E-state index in [1.807, 2.05) is 32.1 Å². The van der Waals surface area contributed by atoms with Gasteiger partial charge in [-0.3, -0.25) is 4.79 Å². The van der Waals surface area contributed by atoms with Gasteiger partial charge < -0.3 is 0 Å². The molecule has 0 radical (unpaired) electrons. The van der Waals surface area contributed by atoms with Crippen LogP contribution in [-0.4, -0.2) is 5.78 Å². The smallest absolute Gasteiger partial charge is 0.169 e. The Morgan fingerprint density at radius 1 is 1.40 bits per heavy atom. The van der Waals surface area contributed by atoms with Gasteiger partial charge in [-0.2, -0.15) is 0 Å². The molecule has 0 aliphatic heterocycles. The van der Waals surface area contributed by atoms with Crippen LogP contribution in [0.2, 0.25) is 0 Å². The Hall–Kier alpha value is -1.15. The van der Waals surface area contributed by atoms with Gasteiger partial charge in [0.1, 0.15) is 0 Å². The van der Waals surface area contributed by atoms with Gasteiger partial charge in [0.05, 0.1) is 4.88 Å². The summed E-state index contributed by atoms with van der Waals surface area (Å²) in [6.07, 6.45) is 7.16. The van der Waals surface area contributed by atoms with Crippen molar-refractivity contribution in [1.82, 2.24) is 0 Å². The fourth-order valence-electron chi connectivity index (χ4n) is 1.33. The Morgan fingerprint density at radius 3 is 2.60 bits per heavy atom. The number of allylic oxidation sites excluding steroid dienone is 4. The van der Waals surface area contributed by atoms with E-state index in [1.165, 1.54) is 10.5 Å². The molecule has 80 valence electrons. The average Bonchev–Trinajstić information content (AvgIpc) is 2.65. The highest BCUT2D eigenvalue weighted by Crippen LogP contribution is 2.20. The molecule has 1 aromatic heterocycles. The monoisotopic (exact) mass is 220 g/mol. The van der Waals surface area contributed by atoms with Crippen LogP contribution < -0.4 is 0 Å². The Bertz CT molecular complexity index is 396. The zero-order valence-corrected chi connectivity index (χ0v) is 10.2. The van der Waals surface area contributed by atoms with Crippen LogP contribution in [0.3, 0.4) is 0 Å². The topological polar surface area (TPSA) is 17.1 Å². The summed E-state index contributed by atoms with van der Waals surface area (Å²) in [5, 5.41) is 0. The SMILES string of the molecule is C/C=C\C(=C/C)Cc1ccc(C(C)=O)s1. The predicted molar refractivity (Wildman–Crippen MR) is 66.6 cm³/mol. The maximum Gasteiger partial charge on any atom is 0.169 e. The molecule has 1 aromatic rings. The highest BCUT2D eigenvalue weighted by Gasteiger charge is 2.04. The van der Waals surface area contributed by atoms with Crippen LogP contribution >= 0.6 is 11.3 Å². The van der Waals surface area contributed by atoms with Gasteiger partial charge in [-0.15, -0.1) is 11.3 Å². The second kappa shape index (κ2) is 5.66. The van der Waals surface area contributed by atoms with Crippen molar-refractivity contribution in [3.8, 4) is 0 Å². The van der Waals surface area contributed by atoms with Crippen LogP contribution in [0.4, 0.5) is 0 Å². The van der Waals surface area contributed by atoms with E-state index in [2.05, 4.69) is 12.2 Å². The summed E-state index contributed by atoms with van der Waals surface area (Å²) in [6, 6.07) is 3.94. The van der Waals surface area contributed by atoms with Crippen molar-refractivity contribution in [3.63, 3.8) is 0 Å². The molecule has 0 atom stereocenters. The van der Waals surface area contributed by atoms with E-state index in [0.29, 0.717) is 0 Å². The first-order valence-electron chi connectivity index (χ1n) is 5.05. The Balaban J connectivity index is 2.76. The van der Waals surface area contributed by atoms with Crippen LogP contribution in [0.5, 0.6) is 0 Å². The molecular weight excluding hydrogens is 204 g/mol. The Kier molecular flexibility index (Phi) is 4.50. The summed E-state index contributed by atoms with van der Waals surface area (Å²) in [5.41, 5.74) is 1.29. The molecule has 0 saturated carbocycles. The third kappa shape index (κ3) is 3.48. The molecule has 0 aliphatic carbocycles. The molecule has 0 unspecified atom stereocenters. The number of thiophene rings is 1. The van der Waals surface area contributed by atoms with Gasteiger partial charge in [-0.25, -0.2) is 0 Å². The molecule has 1 nitrogen and oxygen atoms in total. The van der Waals surface area contributed by atoms with Crippen molar-refractivity contribution in [2.45, 2.75) is 27.2 Å². The number of Topliss-reactive ketones (excluding diaryl/α,β-unsaturated/α-hetero) is 1. The van der Waals surface area contributed by atoms with E-state index >= 15 is 0 Å². The van der Waals surface area contributed by atoms with Crippen molar-refractivity contribution in [1.29, 1.82) is 0 Å². The molecule has 1 heterocycles. The quantitative estimate of drug-likeness (QED) is 0.553. The molecule has 15 heavy (non-hydrogen) atoms. The molecule has 0 aromatic carbocycles. The minimum Gasteiger partial charge on any atom is -0.294 e. The Morgan fingerprint density at radius 2 is 2.13 bits per heavy atom. The maximum atomic E-state index is 11.1. The van der Waals surface area contributed by atoms with Gasteiger partial charge in [-0.05, 0) is 38.5 Å². The number of carbonyl (C=O) groups excluding carboxylic acids is 1. The minimum absolute atomic E-state index is 0.152. The summed E-state index contributed by atoms with van der Waals surface area (Å²) < 4.78 is 0. The highest BCUT2D eigenvalue weighted by molar-refractivity contribution is 7.14. The molecule has 0 fully saturated rings. The van der Waals surface area contributed by atoms with Crippen LogP contribution in [0.25, 0.3) is 0 Å². The molecule has 0 spiro atoms. The second-order valence-electron chi connectivity index (χ2n) is 3.36. The molecule has 2 heteroatoms. The van der Waals surface area contributed by atoms with Gasteiger partial charge in [0.15, 0.2) is 5.78 Å². The normalized spacial score (nSPS) is 12.3. The second-order valence-corrected chi connectivity index (χ2v) is 4.53. The number of rotatable bonds is 4. The lowest BCUT2D eigenvalue weighted by Gasteiger charge is -1.97. The molecule has 0 N–H and O–H groups in total. The number of carbonyl (C=O) groups is 1. The number of hydrogen-bond acceptors (Lipinski definition) is 2. The zero-order valence-electron chi connectivity index (χ0n) is 9.41. The van der Waals surface area contributed by atoms with E-state index in [-0.39, 0.29) is 5.78 Å². The number of ketones is 1.